The summed E-state index contributed by atoms with van der Waals surface area (Å²) in [5.74, 6) is 0. The Morgan fingerprint density at radius 2 is 1.50 bits per heavy atom. The van der Waals surface area contributed by atoms with Crippen LogP contribution in [0.25, 0.3) is 33.1 Å². The van der Waals surface area contributed by atoms with E-state index in [2.05, 4.69) is 0 Å². The van der Waals surface area contributed by atoms with Crippen molar-refractivity contribution >= 4 is 21.9 Å². The molecule has 5 nitrogen and oxygen atoms in total. The van der Waals surface area contributed by atoms with Crippen molar-refractivity contribution in [1.82, 2.24) is 9.55 Å². The van der Waals surface area contributed by atoms with Crippen LogP contribution in [-0.4, -0.2) is 15.6 Å². The van der Waals surface area contributed by atoms with Gasteiger partial charge in [-0.1, -0.05) is 87.1 Å². The summed E-state index contributed by atoms with van der Waals surface area (Å²) in [4.78, 5) is 24.4. The predicted molar refractivity (Wildman–Crippen MR) is 136 cm³/mol. The fraction of sp³-hybridized carbons (Fsp3) is 0.414. The van der Waals surface area contributed by atoms with Crippen LogP contribution < -0.4 is 11.2 Å². The van der Waals surface area contributed by atoms with Crippen molar-refractivity contribution in [2.75, 3.05) is 0 Å². The normalized spacial score (nSPS) is 18.6. The Morgan fingerprint density at radius 1 is 0.824 bits per heavy atom. The van der Waals surface area contributed by atoms with E-state index in [9.17, 15) is 4.79 Å². The molecular weight excluding hydrogens is 422 g/mol. The number of benzene rings is 2. The standard InChI is InChI=1S/C29H31N3O2/c33-28-25-23-18-10-11-19-24(23)31-26(20-12-4-1-5-13-20)27(25)34-29(30-21-14-6-2-7-15-21)32(28)22-16-8-3-9-17-22/h1,4-5,10-13,18-19,21-22H,2-3,6-9,14-17H2. The number of rotatable bonds is 3. The first-order chi connectivity index (χ1) is 16.8. The summed E-state index contributed by atoms with van der Waals surface area (Å²) in [6, 6.07) is 18.3. The van der Waals surface area contributed by atoms with Crippen LogP contribution in [0, 0.1) is 0 Å². The summed E-state index contributed by atoms with van der Waals surface area (Å²) in [6.07, 6.45) is 11.3. The molecule has 0 N–H and O–H groups in total. The fourth-order valence-corrected chi connectivity index (χ4v) is 5.76. The van der Waals surface area contributed by atoms with Gasteiger partial charge in [0.1, 0.15) is 5.69 Å². The fourth-order valence-electron chi connectivity index (χ4n) is 5.76. The van der Waals surface area contributed by atoms with Crippen molar-refractivity contribution in [3.63, 3.8) is 0 Å². The van der Waals surface area contributed by atoms with Gasteiger partial charge in [0.15, 0.2) is 5.58 Å². The van der Waals surface area contributed by atoms with Gasteiger partial charge >= 0.3 is 5.68 Å². The molecule has 2 aliphatic rings. The van der Waals surface area contributed by atoms with Crippen LogP contribution in [0.4, 0.5) is 0 Å². The molecule has 0 bridgehead atoms. The molecule has 0 amide bonds. The zero-order chi connectivity index (χ0) is 22.9. The first-order valence-electron chi connectivity index (χ1n) is 12.9. The number of aromatic nitrogens is 2. The highest BCUT2D eigenvalue weighted by Crippen LogP contribution is 2.32. The summed E-state index contributed by atoms with van der Waals surface area (Å²) in [6.45, 7) is 0. The summed E-state index contributed by atoms with van der Waals surface area (Å²) >= 11 is 0. The molecule has 2 aromatic heterocycles. The second kappa shape index (κ2) is 9.21. The second-order valence-corrected chi connectivity index (χ2v) is 9.82. The minimum atomic E-state index is 0.0125. The van der Waals surface area contributed by atoms with Crippen molar-refractivity contribution in [2.24, 2.45) is 4.99 Å². The minimum Gasteiger partial charge on any atom is -0.422 e. The largest absolute Gasteiger partial charge is 0.422 e. The molecule has 34 heavy (non-hydrogen) atoms. The second-order valence-electron chi connectivity index (χ2n) is 9.82. The van der Waals surface area contributed by atoms with Gasteiger partial charge in [-0.15, -0.1) is 0 Å². The summed E-state index contributed by atoms with van der Waals surface area (Å²) in [7, 11) is 0. The summed E-state index contributed by atoms with van der Waals surface area (Å²) < 4.78 is 8.56. The lowest BCUT2D eigenvalue weighted by molar-refractivity contribution is 0.295. The van der Waals surface area contributed by atoms with E-state index in [0.29, 0.717) is 22.3 Å². The third kappa shape index (κ3) is 3.87. The summed E-state index contributed by atoms with van der Waals surface area (Å²) in [5, 5.41) is 1.47. The highest BCUT2D eigenvalue weighted by molar-refractivity contribution is 6.07. The van der Waals surface area contributed by atoms with Crippen molar-refractivity contribution in [3.8, 4) is 11.3 Å². The van der Waals surface area contributed by atoms with Crippen LogP contribution in [0.2, 0.25) is 0 Å². The molecule has 0 radical (unpaired) electrons. The van der Waals surface area contributed by atoms with Gasteiger partial charge in [-0.2, -0.15) is 0 Å². The zero-order valence-corrected chi connectivity index (χ0v) is 19.6. The molecule has 2 aromatic carbocycles. The van der Waals surface area contributed by atoms with Gasteiger partial charge in [-0.05, 0) is 31.7 Å². The monoisotopic (exact) mass is 453 g/mol. The van der Waals surface area contributed by atoms with E-state index < -0.39 is 0 Å². The van der Waals surface area contributed by atoms with E-state index in [-0.39, 0.29) is 17.6 Å². The number of hydrogen-bond acceptors (Lipinski definition) is 4. The average Bonchev–Trinajstić information content (AvgIpc) is 2.90. The topological polar surface area (TPSA) is 60.4 Å². The number of para-hydroxylation sites is 1. The molecule has 0 unspecified atom stereocenters. The number of nitrogens with zero attached hydrogens (tertiary/aromatic N) is 3. The lowest BCUT2D eigenvalue weighted by atomic mass is 9.95. The van der Waals surface area contributed by atoms with Crippen molar-refractivity contribution in [1.29, 1.82) is 0 Å². The molecule has 4 aromatic rings. The molecule has 5 heteroatoms. The van der Waals surface area contributed by atoms with Gasteiger partial charge in [0, 0.05) is 17.0 Å². The highest BCUT2D eigenvalue weighted by Gasteiger charge is 2.24. The Kier molecular flexibility index (Phi) is 5.78. The molecule has 2 saturated carbocycles. The molecule has 0 aliphatic heterocycles. The van der Waals surface area contributed by atoms with Gasteiger partial charge in [-0.25, -0.2) is 9.98 Å². The van der Waals surface area contributed by atoms with Gasteiger partial charge in [0.05, 0.1) is 16.9 Å². The summed E-state index contributed by atoms with van der Waals surface area (Å²) in [5.41, 5.74) is 3.52. The van der Waals surface area contributed by atoms with Crippen molar-refractivity contribution in [2.45, 2.75) is 76.3 Å². The van der Waals surface area contributed by atoms with Crippen LogP contribution in [0.5, 0.6) is 0 Å². The smallest absolute Gasteiger partial charge is 0.300 e. The maximum atomic E-state index is 14.3. The first-order valence-corrected chi connectivity index (χ1v) is 12.9. The molecule has 2 fully saturated rings. The van der Waals surface area contributed by atoms with Crippen LogP contribution in [0.1, 0.15) is 70.3 Å². The lowest BCUT2D eigenvalue weighted by Crippen LogP contribution is -2.38. The molecule has 2 heterocycles. The van der Waals surface area contributed by atoms with Crippen LogP contribution in [0.3, 0.4) is 0 Å². The molecule has 6 rings (SSSR count). The third-order valence-corrected chi connectivity index (χ3v) is 7.53. The minimum absolute atomic E-state index is 0.0125. The average molecular weight is 454 g/mol. The van der Waals surface area contributed by atoms with E-state index in [1.807, 2.05) is 59.2 Å². The zero-order valence-electron chi connectivity index (χ0n) is 19.6. The van der Waals surface area contributed by atoms with Crippen molar-refractivity contribution in [3.05, 3.63) is 70.6 Å². The Hall–Kier alpha value is -3.21. The molecule has 0 spiro atoms. The molecule has 0 saturated heterocycles. The van der Waals surface area contributed by atoms with Crippen LogP contribution in [-0.2, 0) is 0 Å². The Balaban J connectivity index is 1.71. The van der Waals surface area contributed by atoms with Crippen molar-refractivity contribution < 1.29 is 4.42 Å². The maximum absolute atomic E-state index is 14.3. The number of pyridine rings is 1. The lowest BCUT2D eigenvalue weighted by Gasteiger charge is -2.25. The maximum Gasteiger partial charge on any atom is 0.300 e. The van der Waals surface area contributed by atoms with Crippen LogP contribution >= 0.6 is 0 Å². The quantitative estimate of drug-likeness (QED) is 0.331. The molecule has 174 valence electrons. The molecule has 2 aliphatic carbocycles. The van der Waals surface area contributed by atoms with Gasteiger partial charge in [0.25, 0.3) is 5.56 Å². The number of fused-ring (bicyclic) bond motifs is 3. The highest BCUT2D eigenvalue weighted by atomic mass is 16.3. The Bertz CT molecular complexity index is 1440. The molecular formula is C29H31N3O2. The Labute approximate surface area is 199 Å². The number of hydrogen-bond donors (Lipinski definition) is 0. The van der Waals surface area contributed by atoms with Crippen LogP contribution in [0.15, 0.2) is 68.8 Å². The SMILES string of the molecule is O=c1c2c(oc(=NC3CCCCC3)n1C1CCCCC1)c(-c1ccccc1)nc1ccccc12. The predicted octanol–water partition coefficient (Wildman–Crippen LogP) is 6.55. The van der Waals surface area contributed by atoms with Gasteiger partial charge in [0.2, 0.25) is 0 Å². The van der Waals surface area contributed by atoms with Gasteiger partial charge in [-0.3, -0.25) is 9.36 Å². The Morgan fingerprint density at radius 3 is 2.26 bits per heavy atom. The van der Waals surface area contributed by atoms with E-state index in [4.69, 9.17) is 14.4 Å². The van der Waals surface area contributed by atoms with E-state index >= 15 is 0 Å². The van der Waals surface area contributed by atoms with E-state index in [1.54, 1.807) is 0 Å². The molecule has 0 atom stereocenters. The third-order valence-electron chi connectivity index (χ3n) is 7.53. The van der Waals surface area contributed by atoms with E-state index in [0.717, 1.165) is 55.0 Å². The first kappa shape index (κ1) is 21.3. The van der Waals surface area contributed by atoms with E-state index in [1.165, 1.54) is 25.7 Å². The van der Waals surface area contributed by atoms with Gasteiger partial charge < -0.3 is 4.42 Å².